The number of aromatic nitrogens is 2. The summed E-state index contributed by atoms with van der Waals surface area (Å²) in [6.45, 7) is 2.15. The molecular weight excluding hydrogens is 253 g/mol. The number of piperidine rings is 1. The third kappa shape index (κ3) is 2.70. The lowest BCUT2D eigenvalue weighted by Gasteiger charge is -2.30. The predicted molar refractivity (Wildman–Crippen MR) is 76.9 cm³/mol. The van der Waals surface area contributed by atoms with Crippen molar-refractivity contribution in [3.05, 3.63) is 48.2 Å². The molecule has 0 spiro atoms. The number of halogens is 1. The van der Waals surface area contributed by atoms with Gasteiger partial charge in [0.15, 0.2) is 0 Å². The zero-order chi connectivity index (χ0) is 13.9. The zero-order valence-electron chi connectivity index (χ0n) is 11.6. The van der Waals surface area contributed by atoms with E-state index in [9.17, 15) is 4.39 Å². The van der Waals surface area contributed by atoms with E-state index in [4.69, 9.17) is 0 Å². The minimum atomic E-state index is -0.225. The third-order valence-corrected chi connectivity index (χ3v) is 3.86. The molecule has 3 rings (SSSR count). The molecule has 0 N–H and O–H groups in total. The van der Waals surface area contributed by atoms with E-state index in [0.29, 0.717) is 5.92 Å². The first-order valence-corrected chi connectivity index (χ1v) is 6.99. The van der Waals surface area contributed by atoms with E-state index in [2.05, 4.69) is 21.9 Å². The largest absolute Gasteiger partial charge is 0.306 e. The van der Waals surface area contributed by atoms with Gasteiger partial charge in [-0.25, -0.2) is 4.39 Å². The van der Waals surface area contributed by atoms with Crippen molar-refractivity contribution < 1.29 is 4.39 Å². The lowest BCUT2D eigenvalue weighted by molar-refractivity contribution is 0.248. The highest BCUT2D eigenvalue weighted by atomic mass is 19.1. The molecule has 20 heavy (non-hydrogen) atoms. The van der Waals surface area contributed by atoms with Crippen LogP contribution in [0.2, 0.25) is 0 Å². The number of rotatable bonds is 2. The Labute approximate surface area is 118 Å². The molecule has 0 aliphatic carbocycles. The van der Waals surface area contributed by atoms with Gasteiger partial charge in [0.25, 0.3) is 0 Å². The summed E-state index contributed by atoms with van der Waals surface area (Å²) >= 11 is 0. The Bertz CT molecular complexity index is 583. The Balaban J connectivity index is 1.97. The van der Waals surface area contributed by atoms with Crippen molar-refractivity contribution in [2.45, 2.75) is 18.8 Å². The molecule has 0 radical (unpaired) electrons. The summed E-state index contributed by atoms with van der Waals surface area (Å²) in [6, 6.07) is 6.49. The first-order valence-electron chi connectivity index (χ1n) is 6.99. The van der Waals surface area contributed by atoms with Gasteiger partial charge in [-0.05, 0) is 50.7 Å². The Morgan fingerprint density at radius 1 is 1.15 bits per heavy atom. The maximum atomic E-state index is 13.1. The van der Waals surface area contributed by atoms with Crippen LogP contribution < -0.4 is 0 Å². The molecule has 1 aromatic heterocycles. The van der Waals surface area contributed by atoms with Crippen LogP contribution in [-0.2, 0) is 0 Å². The monoisotopic (exact) mass is 271 g/mol. The van der Waals surface area contributed by atoms with Crippen molar-refractivity contribution in [1.29, 1.82) is 0 Å². The molecule has 1 aliphatic heterocycles. The molecule has 0 bridgehead atoms. The fourth-order valence-electron chi connectivity index (χ4n) is 2.87. The second-order valence-corrected chi connectivity index (χ2v) is 5.40. The normalized spacial score (nSPS) is 20.0. The highest BCUT2D eigenvalue weighted by Gasteiger charge is 2.23. The lowest BCUT2D eigenvalue weighted by atomic mass is 9.92. The summed E-state index contributed by atoms with van der Waals surface area (Å²) in [6.07, 6.45) is 5.77. The summed E-state index contributed by atoms with van der Waals surface area (Å²) in [7, 11) is 2.14. The van der Waals surface area contributed by atoms with Gasteiger partial charge >= 0.3 is 0 Å². The first-order chi connectivity index (χ1) is 9.74. The highest BCUT2D eigenvalue weighted by molar-refractivity contribution is 5.62. The lowest BCUT2D eigenvalue weighted by Crippen LogP contribution is -2.31. The second-order valence-electron chi connectivity index (χ2n) is 5.40. The number of hydrogen-bond donors (Lipinski definition) is 0. The van der Waals surface area contributed by atoms with Crippen molar-refractivity contribution in [1.82, 2.24) is 14.9 Å². The van der Waals surface area contributed by atoms with Crippen molar-refractivity contribution in [2.24, 2.45) is 0 Å². The fourth-order valence-corrected chi connectivity index (χ4v) is 2.87. The Morgan fingerprint density at radius 3 is 2.65 bits per heavy atom. The molecule has 1 aliphatic rings. The number of nitrogens with zero attached hydrogens (tertiary/aromatic N) is 3. The molecule has 1 unspecified atom stereocenters. The summed E-state index contributed by atoms with van der Waals surface area (Å²) < 4.78 is 13.1. The first kappa shape index (κ1) is 13.2. The van der Waals surface area contributed by atoms with E-state index < -0.39 is 0 Å². The van der Waals surface area contributed by atoms with Crippen molar-refractivity contribution in [3.63, 3.8) is 0 Å². The summed E-state index contributed by atoms with van der Waals surface area (Å²) in [5, 5.41) is 0. The maximum absolute atomic E-state index is 13.1. The standard InChI is InChI=1S/C16H18FN3/c1-20-10-2-3-13(11-20)16-15(18-8-9-19-16)12-4-6-14(17)7-5-12/h4-9,13H,2-3,10-11H2,1H3. The van der Waals surface area contributed by atoms with Gasteiger partial charge < -0.3 is 4.90 Å². The van der Waals surface area contributed by atoms with Crippen LogP contribution in [0.3, 0.4) is 0 Å². The minimum absolute atomic E-state index is 0.225. The number of likely N-dealkylation sites (tertiary alicyclic amines) is 1. The summed E-state index contributed by atoms with van der Waals surface area (Å²) in [5.74, 6) is 0.180. The molecule has 3 nitrogen and oxygen atoms in total. The SMILES string of the molecule is CN1CCCC(c2nccnc2-c2ccc(F)cc2)C1. The van der Waals surface area contributed by atoms with Gasteiger partial charge in [-0.15, -0.1) is 0 Å². The Morgan fingerprint density at radius 2 is 1.90 bits per heavy atom. The number of hydrogen-bond acceptors (Lipinski definition) is 3. The average molecular weight is 271 g/mol. The molecule has 1 saturated heterocycles. The summed E-state index contributed by atoms with van der Waals surface area (Å²) in [5.41, 5.74) is 2.85. The van der Waals surface area contributed by atoms with Crippen LogP contribution in [0.5, 0.6) is 0 Å². The Kier molecular flexibility index (Phi) is 3.74. The van der Waals surface area contributed by atoms with Crippen LogP contribution in [0.25, 0.3) is 11.3 Å². The molecular formula is C16H18FN3. The minimum Gasteiger partial charge on any atom is -0.306 e. The van der Waals surface area contributed by atoms with Crippen LogP contribution >= 0.6 is 0 Å². The van der Waals surface area contributed by atoms with Gasteiger partial charge in [-0.2, -0.15) is 0 Å². The van der Waals surface area contributed by atoms with E-state index in [1.54, 1.807) is 24.5 Å². The molecule has 0 amide bonds. The smallest absolute Gasteiger partial charge is 0.123 e. The molecule has 104 valence electrons. The number of likely N-dealkylation sites (N-methyl/N-ethyl adjacent to an activating group) is 1. The van der Waals surface area contributed by atoms with Gasteiger partial charge in [0.05, 0.1) is 11.4 Å². The quantitative estimate of drug-likeness (QED) is 0.840. The van der Waals surface area contributed by atoms with Crippen LogP contribution in [-0.4, -0.2) is 35.0 Å². The third-order valence-electron chi connectivity index (χ3n) is 3.86. The molecule has 0 saturated carbocycles. The predicted octanol–water partition coefficient (Wildman–Crippen LogP) is 3.09. The highest BCUT2D eigenvalue weighted by Crippen LogP contribution is 2.31. The van der Waals surface area contributed by atoms with E-state index in [0.717, 1.165) is 36.5 Å². The average Bonchev–Trinajstić information content (AvgIpc) is 2.48. The fraction of sp³-hybridized carbons (Fsp3) is 0.375. The maximum Gasteiger partial charge on any atom is 0.123 e. The van der Waals surface area contributed by atoms with Gasteiger partial charge in [-0.1, -0.05) is 0 Å². The molecule has 2 aromatic rings. The van der Waals surface area contributed by atoms with Gasteiger partial charge in [-0.3, -0.25) is 9.97 Å². The van der Waals surface area contributed by atoms with Crippen LogP contribution in [0, 0.1) is 5.82 Å². The number of benzene rings is 1. The van der Waals surface area contributed by atoms with Gasteiger partial charge in [0.2, 0.25) is 0 Å². The van der Waals surface area contributed by atoms with E-state index in [-0.39, 0.29) is 5.82 Å². The molecule has 1 atom stereocenters. The van der Waals surface area contributed by atoms with Gasteiger partial charge in [0, 0.05) is 30.4 Å². The topological polar surface area (TPSA) is 29.0 Å². The van der Waals surface area contributed by atoms with Crippen molar-refractivity contribution in [2.75, 3.05) is 20.1 Å². The second kappa shape index (κ2) is 5.67. The van der Waals surface area contributed by atoms with E-state index in [1.165, 1.54) is 18.6 Å². The summed E-state index contributed by atoms with van der Waals surface area (Å²) in [4.78, 5) is 11.4. The van der Waals surface area contributed by atoms with Crippen LogP contribution in [0.4, 0.5) is 4.39 Å². The van der Waals surface area contributed by atoms with E-state index in [1.807, 2.05) is 0 Å². The molecule has 4 heteroatoms. The zero-order valence-corrected chi connectivity index (χ0v) is 11.6. The Hall–Kier alpha value is -1.81. The van der Waals surface area contributed by atoms with Crippen LogP contribution in [0.15, 0.2) is 36.7 Å². The van der Waals surface area contributed by atoms with Crippen molar-refractivity contribution in [3.8, 4) is 11.3 Å². The van der Waals surface area contributed by atoms with Crippen molar-refractivity contribution >= 4 is 0 Å². The van der Waals surface area contributed by atoms with E-state index >= 15 is 0 Å². The molecule has 2 heterocycles. The van der Waals surface area contributed by atoms with Crippen LogP contribution in [0.1, 0.15) is 24.5 Å². The molecule has 1 fully saturated rings. The van der Waals surface area contributed by atoms with Gasteiger partial charge in [0.1, 0.15) is 5.82 Å². The molecule has 1 aromatic carbocycles.